The van der Waals surface area contributed by atoms with Crippen LogP contribution in [-0.4, -0.2) is 35.4 Å². The Morgan fingerprint density at radius 3 is 2.71 bits per heavy atom. The van der Waals surface area contributed by atoms with Gasteiger partial charge in [0.25, 0.3) is 0 Å². The number of thiazole rings is 1. The average Bonchev–Trinajstić information content (AvgIpc) is 3.36. The third kappa shape index (κ3) is 5.48. The second-order valence-electron chi connectivity index (χ2n) is 8.55. The predicted molar refractivity (Wildman–Crippen MR) is 132 cm³/mol. The number of amides is 1. The lowest BCUT2D eigenvalue weighted by Crippen LogP contribution is -2.38. The first-order valence-corrected chi connectivity index (χ1v) is 12.6. The number of carbonyl (C=O) groups is 1. The number of ether oxygens (including phenoxy) is 1. The third-order valence-electron chi connectivity index (χ3n) is 5.40. The Labute approximate surface area is 193 Å². The molecule has 1 saturated heterocycles. The van der Waals surface area contributed by atoms with Crippen molar-refractivity contribution in [2.45, 2.75) is 63.2 Å². The first kappa shape index (κ1) is 22.3. The quantitative estimate of drug-likeness (QED) is 0.401. The molecular weight excluding hydrogens is 424 g/mol. The van der Waals surface area contributed by atoms with Crippen LogP contribution < -0.4 is 4.90 Å². The van der Waals surface area contributed by atoms with Gasteiger partial charge >= 0.3 is 0 Å². The van der Waals surface area contributed by atoms with Crippen LogP contribution in [0, 0.1) is 13.8 Å². The van der Waals surface area contributed by atoms with E-state index in [9.17, 15) is 4.79 Å². The lowest BCUT2D eigenvalue weighted by Gasteiger charge is -2.23. The molecule has 6 heteroatoms. The van der Waals surface area contributed by atoms with Crippen LogP contribution in [0.2, 0.25) is 0 Å². The Hall–Kier alpha value is -1.89. The predicted octanol–water partition coefficient (Wildman–Crippen LogP) is 6.17. The molecule has 4 rings (SSSR count). The molecule has 2 aromatic carbocycles. The lowest BCUT2D eigenvalue weighted by molar-refractivity contribution is -0.118. The van der Waals surface area contributed by atoms with Crippen molar-refractivity contribution >= 4 is 44.4 Å². The normalized spacial score (nSPS) is 16.4. The highest BCUT2D eigenvalue weighted by atomic mass is 32.2. The zero-order valence-corrected chi connectivity index (χ0v) is 20.3. The van der Waals surface area contributed by atoms with Crippen molar-refractivity contribution in [3.05, 3.63) is 53.1 Å². The Balaban J connectivity index is 1.58. The van der Waals surface area contributed by atoms with E-state index in [4.69, 9.17) is 9.72 Å². The molecule has 1 fully saturated rings. The SMILES string of the molecule is Cc1cc(C)c2sc(N(CC3CCCO3)C(=O)Cc3ccc(SC(C)C)cc3)nc2c1. The summed E-state index contributed by atoms with van der Waals surface area (Å²) >= 11 is 3.44. The molecule has 1 atom stereocenters. The number of aromatic nitrogens is 1. The Morgan fingerprint density at radius 2 is 2.03 bits per heavy atom. The maximum atomic E-state index is 13.4. The maximum absolute atomic E-state index is 13.4. The first-order chi connectivity index (χ1) is 14.9. The van der Waals surface area contributed by atoms with Gasteiger partial charge in [0.05, 0.1) is 29.3 Å². The summed E-state index contributed by atoms with van der Waals surface area (Å²) in [4.78, 5) is 21.4. The maximum Gasteiger partial charge on any atom is 0.233 e. The van der Waals surface area contributed by atoms with Crippen LogP contribution >= 0.6 is 23.1 Å². The number of carbonyl (C=O) groups excluding carboxylic acids is 1. The molecule has 1 aromatic heterocycles. The van der Waals surface area contributed by atoms with Gasteiger partial charge in [0.2, 0.25) is 5.91 Å². The van der Waals surface area contributed by atoms with Crippen LogP contribution in [0.25, 0.3) is 10.2 Å². The van der Waals surface area contributed by atoms with Crippen molar-refractivity contribution in [3.63, 3.8) is 0 Å². The van der Waals surface area contributed by atoms with E-state index >= 15 is 0 Å². The van der Waals surface area contributed by atoms with Gasteiger partial charge in [0, 0.05) is 16.8 Å². The smallest absolute Gasteiger partial charge is 0.233 e. The van der Waals surface area contributed by atoms with E-state index in [1.807, 2.05) is 16.7 Å². The van der Waals surface area contributed by atoms with Crippen LogP contribution in [0.3, 0.4) is 0 Å². The number of hydrogen-bond donors (Lipinski definition) is 0. The lowest BCUT2D eigenvalue weighted by atomic mass is 10.1. The molecule has 0 spiro atoms. The van der Waals surface area contributed by atoms with Crippen LogP contribution in [0.4, 0.5) is 5.13 Å². The molecule has 0 N–H and O–H groups in total. The van der Waals surface area contributed by atoms with Crippen molar-refractivity contribution < 1.29 is 9.53 Å². The van der Waals surface area contributed by atoms with E-state index < -0.39 is 0 Å². The van der Waals surface area contributed by atoms with Crippen LogP contribution in [0.15, 0.2) is 41.3 Å². The summed E-state index contributed by atoms with van der Waals surface area (Å²) in [5.41, 5.74) is 4.40. The van der Waals surface area contributed by atoms with Crippen molar-refractivity contribution in [1.29, 1.82) is 0 Å². The number of aryl methyl sites for hydroxylation is 2. The summed E-state index contributed by atoms with van der Waals surface area (Å²) in [6, 6.07) is 12.6. The van der Waals surface area contributed by atoms with Gasteiger partial charge in [-0.25, -0.2) is 4.98 Å². The summed E-state index contributed by atoms with van der Waals surface area (Å²) in [6.07, 6.45) is 2.50. The molecule has 0 bridgehead atoms. The number of nitrogens with zero attached hydrogens (tertiary/aromatic N) is 2. The van der Waals surface area contributed by atoms with Crippen molar-refractivity contribution in [3.8, 4) is 0 Å². The molecule has 164 valence electrons. The molecule has 0 saturated carbocycles. The van der Waals surface area contributed by atoms with Crippen LogP contribution in [0.5, 0.6) is 0 Å². The highest BCUT2D eigenvalue weighted by molar-refractivity contribution is 7.99. The number of fused-ring (bicyclic) bond motifs is 1. The van der Waals surface area contributed by atoms with Crippen molar-refractivity contribution in [2.75, 3.05) is 18.1 Å². The molecule has 1 aliphatic heterocycles. The van der Waals surface area contributed by atoms with Crippen molar-refractivity contribution in [1.82, 2.24) is 4.98 Å². The average molecular weight is 455 g/mol. The molecule has 4 nitrogen and oxygen atoms in total. The highest BCUT2D eigenvalue weighted by Crippen LogP contribution is 2.33. The molecular formula is C25H30N2O2S2. The minimum atomic E-state index is 0.0770. The first-order valence-electron chi connectivity index (χ1n) is 10.9. The monoisotopic (exact) mass is 454 g/mol. The molecule has 0 radical (unpaired) electrons. The van der Waals surface area contributed by atoms with E-state index in [1.165, 1.54) is 16.0 Å². The fourth-order valence-electron chi connectivity index (χ4n) is 3.99. The van der Waals surface area contributed by atoms with Gasteiger partial charge in [-0.2, -0.15) is 0 Å². The molecule has 0 aliphatic carbocycles. The number of anilines is 1. The molecule has 3 aromatic rings. The number of benzene rings is 2. The van der Waals surface area contributed by atoms with E-state index in [0.717, 1.165) is 40.4 Å². The zero-order chi connectivity index (χ0) is 22.0. The Bertz CT molecular complexity index is 1050. The van der Waals surface area contributed by atoms with Crippen LogP contribution in [-0.2, 0) is 16.0 Å². The number of rotatable bonds is 7. The summed E-state index contributed by atoms with van der Waals surface area (Å²) in [5, 5.41) is 1.32. The van der Waals surface area contributed by atoms with Gasteiger partial charge in [-0.1, -0.05) is 43.4 Å². The van der Waals surface area contributed by atoms with E-state index in [1.54, 1.807) is 11.3 Å². The topological polar surface area (TPSA) is 42.4 Å². The fourth-order valence-corrected chi connectivity index (χ4v) is 5.87. The largest absolute Gasteiger partial charge is 0.376 e. The van der Waals surface area contributed by atoms with E-state index in [-0.39, 0.29) is 12.0 Å². The van der Waals surface area contributed by atoms with E-state index in [0.29, 0.717) is 18.2 Å². The van der Waals surface area contributed by atoms with Gasteiger partial charge in [-0.3, -0.25) is 9.69 Å². The van der Waals surface area contributed by atoms with Gasteiger partial charge in [-0.15, -0.1) is 11.8 Å². The highest BCUT2D eigenvalue weighted by Gasteiger charge is 2.26. The van der Waals surface area contributed by atoms with Gasteiger partial charge in [0.1, 0.15) is 0 Å². The zero-order valence-electron chi connectivity index (χ0n) is 18.7. The second-order valence-corrected chi connectivity index (χ2v) is 11.2. The molecule has 1 unspecified atom stereocenters. The van der Waals surface area contributed by atoms with Gasteiger partial charge < -0.3 is 4.74 Å². The van der Waals surface area contributed by atoms with Gasteiger partial charge in [-0.05, 0) is 61.6 Å². The fraction of sp³-hybridized carbons (Fsp3) is 0.440. The third-order valence-corrected chi connectivity index (χ3v) is 7.65. The molecule has 31 heavy (non-hydrogen) atoms. The minimum absolute atomic E-state index is 0.0770. The standard InChI is InChI=1S/C25H30N2O2S2/c1-16(2)30-21-9-7-19(8-10-21)14-23(28)27(15-20-6-5-11-29-20)25-26-22-13-17(3)12-18(4)24(22)31-25/h7-10,12-13,16,20H,5-6,11,14-15H2,1-4H3. The van der Waals surface area contributed by atoms with Gasteiger partial charge in [0.15, 0.2) is 5.13 Å². The number of hydrogen-bond acceptors (Lipinski definition) is 5. The molecule has 1 amide bonds. The molecule has 1 aliphatic rings. The van der Waals surface area contributed by atoms with E-state index in [2.05, 4.69) is 64.1 Å². The summed E-state index contributed by atoms with van der Waals surface area (Å²) in [7, 11) is 0. The Morgan fingerprint density at radius 1 is 1.26 bits per heavy atom. The Kier molecular flexibility index (Phi) is 6.99. The summed E-state index contributed by atoms with van der Waals surface area (Å²) < 4.78 is 7.01. The number of thioether (sulfide) groups is 1. The summed E-state index contributed by atoms with van der Waals surface area (Å²) in [6.45, 7) is 9.92. The van der Waals surface area contributed by atoms with Crippen molar-refractivity contribution in [2.24, 2.45) is 0 Å². The van der Waals surface area contributed by atoms with Crippen LogP contribution in [0.1, 0.15) is 43.4 Å². The molecule has 2 heterocycles. The second kappa shape index (κ2) is 9.72. The summed E-state index contributed by atoms with van der Waals surface area (Å²) in [5.74, 6) is 0.0770. The minimum Gasteiger partial charge on any atom is -0.376 e.